The van der Waals surface area contributed by atoms with E-state index in [-0.39, 0.29) is 23.7 Å². The van der Waals surface area contributed by atoms with Gasteiger partial charge in [-0.05, 0) is 0 Å². The third kappa shape index (κ3) is 2.48. The third-order valence-electron chi connectivity index (χ3n) is 1.13. The molecular weight excluding hydrogens is 247 g/mol. The van der Waals surface area contributed by atoms with Gasteiger partial charge in [-0.25, -0.2) is 4.79 Å². The fraction of sp³-hybridized carbons (Fsp3) is 0.200. The second-order valence-electron chi connectivity index (χ2n) is 2.02. The lowest BCUT2D eigenvalue weighted by Gasteiger charge is -2.02. The molecule has 0 bridgehead atoms. The van der Waals surface area contributed by atoms with Crippen LogP contribution in [0.2, 0.25) is 0 Å². The lowest BCUT2D eigenvalue weighted by atomic mass is 10.3. The molecule has 0 aliphatic carbocycles. The van der Waals surface area contributed by atoms with Crippen molar-refractivity contribution in [1.29, 1.82) is 0 Å². The van der Waals surface area contributed by atoms with E-state index in [9.17, 15) is 22.8 Å². The zero-order valence-corrected chi connectivity index (χ0v) is 7.76. The van der Waals surface area contributed by atoms with E-state index in [0.717, 1.165) is 0 Å². The highest BCUT2D eigenvalue weighted by atomic mass is 35.5. The summed E-state index contributed by atoms with van der Waals surface area (Å²) in [7, 11) is 0. The van der Waals surface area contributed by atoms with E-state index >= 15 is 0 Å². The number of hydrogen-bond donors (Lipinski definition) is 2. The van der Waals surface area contributed by atoms with Gasteiger partial charge in [0.25, 0.3) is 0 Å². The lowest BCUT2D eigenvalue weighted by molar-refractivity contribution is -0.141. The number of aromatic amines is 1. The number of H-pyrrole nitrogens is 1. The van der Waals surface area contributed by atoms with Crippen molar-refractivity contribution in [3.8, 4) is 0 Å². The van der Waals surface area contributed by atoms with E-state index in [1.165, 1.54) is 4.98 Å². The van der Waals surface area contributed by atoms with Crippen LogP contribution in [0.1, 0.15) is 15.4 Å². The second kappa shape index (κ2) is 4.01. The Labute approximate surface area is 84.8 Å². The van der Waals surface area contributed by atoms with Crippen molar-refractivity contribution in [3.05, 3.63) is 20.2 Å². The predicted molar refractivity (Wildman–Crippen MR) is 36.9 cm³/mol. The van der Waals surface area contributed by atoms with Gasteiger partial charge in [-0.1, -0.05) is 11.3 Å². The van der Waals surface area contributed by atoms with E-state index in [1.807, 2.05) is 0 Å². The largest absolute Gasteiger partial charge is 1.00 e. The first-order valence-corrected chi connectivity index (χ1v) is 3.67. The maximum Gasteiger partial charge on any atom is 0.433 e. The summed E-state index contributed by atoms with van der Waals surface area (Å²) in [6.07, 6.45) is -4.84. The molecule has 1 aromatic heterocycles. The Kier molecular flexibility index (Phi) is 3.72. The number of thiazole rings is 1. The smallest absolute Gasteiger partial charge is 0.433 e. The lowest BCUT2D eigenvalue weighted by Crippen LogP contribution is -3.00. The molecule has 0 saturated carbocycles. The minimum atomic E-state index is -4.84. The number of carbonyl (C=O) groups is 1. The number of nitrogens with one attached hydrogen (secondary N) is 1. The molecule has 0 radical (unpaired) electrons. The zero-order chi connectivity index (χ0) is 10.2. The first kappa shape index (κ1) is 13.0. The molecule has 14 heavy (non-hydrogen) atoms. The van der Waals surface area contributed by atoms with Crippen LogP contribution in [0.25, 0.3) is 0 Å². The molecule has 0 spiro atoms. The summed E-state index contributed by atoms with van der Waals surface area (Å²) in [5, 5.41) is 8.29. The van der Waals surface area contributed by atoms with Crippen LogP contribution in [0.4, 0.5) is 13.2 Å². The van der Waals surface area contributed by atoms with Gasteiger partial charge in [-0.2, -0.15) is 13.2 Å². The number of carboxylic acid groups (broad SMARTS) is 1. The van der Waals surface area contributed by atoms with Gasteiger partial charge < -0.3 is 22.5 Å². The van der Waals surface area contributed by atoms with Crippen LogP contribution in [-0.4, -0.2) is 16.1 Å². The average Bonchev–Trinajstić information content (AvgIpc) is 2.29. The number of aromatic carboxylic acids is 1. The molecular formula is C5H2ClF3NO3S-. The highest BCUT2D eigenvalue weighted by Gasteiger charge is 2.38. The van der Waals surface area contributed by atoms with Crippen LogP contribution in [0.15, 0.2) is 4.79 Å². The maximum atomic E-state index is 12.0. The zero-order valence-electron chi connectivity index (χ0n) is 6.18. The van der Waals surface area contributed by atoms with Crippen LogP contribution in [0.5, 0.6) is 0 Å². The Morgan fingerprint density at radius 1 is 1.43 bits per heavy atom. The van der Waals surface area contributed by atoms with E-state index in [0.29, 0.717) is 0 Å². The van der Waals surface area contributed by atoms with Gasteiger partial charge >= 0.3 is 17.0 Å². The monoisotopic (exact) mass is 248 g/mol. The van der Waals surface area contributed by atoms with Gasteiger partial charge in [0.15, 0.2) is 0 Å². The summed E-state index contributed by atoms with van der Waals surface area (Å²) in [4.78, 5) is 20.1. The van der Waals surface area contributed by atoms with Gasteiger partial charge in [-0.3, -0.25) is 4.79 Å². The Hall–Kier alpha value is -1.02. The number of halogens is 4. The molecule has 1 rings (SSSR count). The number of alkyl halides is 3. The summed E-state index contributed by atoms with van der Waals surface area (Å²) >= 11 is 0.0187. The number of aromatic nitrogens is 1. The molecule has 0 unspecified atom stereocenters. The van der Waals surface area contributed by atoms with E-state index in [2.05, 4.69) is 0 Å². The van der Waals surface area contributed by atoms with Gasteiger partial charge in [0.1, 0.15) is 10.6 Å². The molecule has 0 atom stereocenters. The van der Waals surface area contributed by atoms with Crippen molar-refractivity contribution in [3.63, 3.8) is 0 Å². The quantitative estimate of drug-likeness (QED) is 0.614. The van der Waals surface area contributed by atoms with Gasteiger partial charge in [0, 0.05) is 0 Å². The summed E-state index contributed by atoms with van der Waals surface area (Å²) in [6, 6.07) is 0. The Bertz CT molecular complexity index is 396. The SMILES string of the molecule is O=C(O)c1sc(=O)[nH]c1C(F)(F)F.[Cl-]. The molecule has 0 aliphatic heterocycles. The minimum absolute atomic E-state index is 0. The Morgan fingerprint density at radius 2 is 1.93 bits per heavy atom. The summed E-state index contributed by atoms with van der Waals surface area (Å²) in [5.41, 5.74) is -1.50. The van der Waals surface area contributed by atoms with E-state index in [4.69, 9.17) is 5.11 Å². The van der Waals surface area contributed by atoms with Gasteiger partial charge in [0.05, 0.1) is 0 Å². The van der Waals surface area contributed by atoms with Crippen molar-refractivity contribution >= 4 is 17.3 Å². The van der Waals surface area contributed by atoms with E-state index < -0.39 is 27.6 Å². The normalized spacial score (nSPS) is 10.8. The number of hydrogen-bond acceptors (Lipinski definition) is 3. The molecule has 0 aromatic carbocycles. The summed E-state index contributed by atoms with van der Waals surface area (Å²) in [5.74, 6) is -1.77. The van der Waals surface area contributed by atoms with Gasteiger partial charge in [0.2, 0.25) is 0 Å². The molecule has 0 fully saturated rings. The first-order valence-electron chi connectivity index (χ1n) is 2.86. The average molecular weight is 249 g/mol. The maximum absolute atomic E-state index is 12.0. The highest BCUT2D eigenvalue weighted by molar-refractivity contribution is 7.11. The molecule has 1 aromatic rings. The van der Waals surface area contributed by atoms with Crippen LogP contribution in [0.3, 0.4) is 0 Å². The van der Waals surface area contributed by atoms with Crippen LogP contribution in [0, 0.1) is 0 Å². The summed E-state index contributed by atoms with van der Waals surface area (Å²) in [6.45, 7) is 0. The van der Waals surface area contributed by atoms with Crippen molar-refractivity contribution < 1.29 is 35.5 Å². The van der Waals surface area contributed by atoms with Gasteiger partial charge in [-0.15, -0.1) is 0 Å². The Balaban J connectivity index is 0.00000169. The fourth-order valence-corrected chi connectivity index (χ4v) is 1.37. The molecule has 4 nitrogen and oxygen atoms in total. The molecule has 2 N–H and O–H groups in total. The predicted octanol–water partition coefficient (Wildman–Crippen LogP) is -1.84. The number of carboxylic acids is 1. The van der Waals surface area contributed by atoms with Crippen molar-refractivity contribution in [2.24, 2.45) is 0 Å². The standard InChI is InChI=1S/C5H2F3NO3S.ClH/c6-5(7,8)2-1(3(10)11)13-4(12)9-2;/h(H,9,12)(H,10,11);1H/p-1. The number of rotatable bonds is 1. The van der Waals surface area contributed by atoms with Crippen molar-refractivity contribution in [2.75, 3.05) is 0 Å². The highest BCUT2D eigenvalue weighted by Crippen LogP contribution is 2.30. The van der Waals surface area contributed by atoms with Crippen LogP contribution >= 0.6 is 11.3 Å². The molecule has 1 heterocycles. The molecule has 0 saturated heterocycles. The van der Waals surface area contributed by atoms with Crippen LogP contribution in [-0.2, 0) is 6.18 Å². The van der Waals surface area contributed by atoms with Crippen molar-refractivity contribution in [2.45, 2.75) is 6.18 Å². The topological polar surface area (TPSA) is 70.2 Å². The second-order valence-corrected chi connectivity index (χ2v) is 3.00. The molecule has 0 aliphatic rings. The molecule has 80 valence electrons. The molecule has 0 amide bonds. The third-order valence-corrected chi connectivity index (χ3v) is 2.00. The van der Waals surface area contributed by atoms with E-state index in [1.54, 1.807) is 0 Å². The minimum Gasteiger partial charge on any atom is -1.00 e. The fourth-order valence-electron chi connectivity index (χ4n) is 0.678. The van der Waals surface area contributed by atoms with Crippen molar-refractivity contribution in [1.82, 2.24) is 4.98 Å². The summed E-state index contributed by atoms with van der Waals surface area (Å²) < 4.78 is 36.0. The Morgan fingerprint density at radius 3 is 2.21 bits per heavy atom. The van der Waals surface area contributed by atoms with Crippen LogP contribution < -0.4 is 17.3 Å². The molecule has 9 heteroatoms. The first-order chi connectivity index (χ1) is 5.82.